The van der Waals surface area contributed by atoms with Gasteiger partial charge in [0.05, 0.1) is 12.9 Å². The Kier molecular flexibility index (Phi) is 5.40. The molecule has 0 aromatic carbocycles. The fraction of sp³-hybridized carbons (Fsp3) is 0.625. The number of hydrogen-bond acceptors (Lipinski definition) is 4. The lowest BCUT2D eigenvalue weighted by Crippen LogP contribution is -2.30. The van der Waals surface area contributed by atoms with Crippen molar-refractivity contribution < 1.29 is 17.4 Å². The van der Waals surface area contributed by atoms with Crippen LogP contribution in [0.25, 0.3) is 0 Å². The topological polar surface area (TPSA) is 72.5 Å². The molecule has 0 spiro atoms. The van der Waals surface area contributed by atoms with Crippen molar-refractivity contribution in [1.82, 2.24) is 5.32 Å². The molecule has 0 aromatic heterocycles. The molecular formula is C8H15NO4S. The minimum absolute atomic E-state index is 0.110. The Labute approximate surface area is 84.3 Å². The van der Waals surface area contributed by atoms with Crippen LogP contribution in [0.3, 0.4) is 0 Å². The van der Waals surface area contributed by atoms with E-state index in [0.717, 1.165) is 13.2 Å². The molecule has 0 aliphatic carbocycles. The lowest BCUT2D eigenvalue weighted by atomic mass is 10.2. The van der Waals surface area contributed by atoms with Gasteiger partial charge < -0.3 is 5.32 Å². The van der Waals surface area contributed by atoms with Gasteiger partial charge in [-0.2, -0.15) is 8.42 Å². The van der Waals surface area contributed by atoms with Gasteiger partial charge in [-0.3, -0.25) is 8.98 Å². The minimum atomic E-state index is -3.45. The second kappa shape index (κ2) is 5.77. The van der Waals surface area contributed by atoms with E-state index in [2.05, 4.69) is 16.1 Å². The number of amides is 1. The highest BCUT2D eigenvalue weighted by Gasteiger charge is 2.14. The Morgan fingerprint density at radius 2 is 2.21 bits per heavy atom. The van der Waals surface area contributed by atoms with Gasteiger partial charge in [0.2, 0.25) is 5.91 Å². The summed E-state index contributed by atoms with van der Waals surface area (Å²) in [5.74, 6) is -0.614. The molecule has 1 amide bonds. The van der Waals surface area contributed by atoms with Crippen molar-refractivity contribution in [2.75, 3.05) is 19.4 Å². The first-order valence-electron chi connectivity index (χ1n) is 4.10. The molecule has 0 saturated heterocycles. The van der Waals surface area contributed by atoms with Gasteiger partial charge in [-0.25, -0.2) is 0 Å². The lowest BCUT2D eigenvalue weighted by molar-refractivity contribution is -0.116. The van der Waals surface area contributed by atoms with Crippen LogP contribution in [0, 0.1) is 5.92 Å². The van der Waals surface area contributed by atoms with Crippen LogP contribution in [0.2, 0.25) is 0 Å². The first kappa shape index (κ1) is 13.1. The van der Waals surface area contributed by atoms with Crippen molar-refractivity contribution in [3.8, 4) is 0 Å². The van der Waals surface area contributed by atoms with Crippen LogP contribution in [-0.2, 0) is 19.1 Å². The molecule has 1 unspecified atom stereocenters. The SMILES string of the molecule is C=CC(=O)NCC(C)CS(=O)(=O)OC. The highest BCUT2D eigenvalue weighted by atomic mass is 32.2. The van der Waals surface area contributed by atoms with Crippen LogP contribution in [0.5, 0.6) is 0 Å². The Morgan fingerprint density at radius 1 is 1.64 bits per heavy atom. The van der Waals surface area contributed by atoms with Crippen molar-refractivity contribution in [3.63, 3.8) is 0 Å². The maximum Gasteiger partial charge on any atom is 0.267 e. The molecule has 1 atom stereocenters. The molecule has 0 fully saturated rings. The normalized spacial score (nSPS) is 13.3. The summed E-state index contributed by atoms with van der Waals surface area (Å²) in [5, 5.41) is 2.50. The Bertz CT molecular complexity index is 296. The van der Waals surface area contributed by atoms with Crippen molar-refractivity contribution in [1.29, 1.82) is 0 Å². The van der Waals surface area contributed by atoms with Crippen molar-refractivity contribution >= 4 is 16.0 Å². The fourth-order valence-corrected chi connectivity index (χ4v) is 1.77. The first-order valence-corrected chi connectivity index (χ1v) is 5.67. The van der Waals surface area contributed by atoms with Gasteiger partial charge in [0, 0.05) is 6.54 Å². The van der Waals surface area contributed by atoms with E-state index < -0.39 is 10.1 Å². The first-order chi connectivity index (χ1) is 6.41. The summed E-state index contributed by atoms with van der Waals surface area (Å²) in [4.78, 5) is 10.7. The van der Waals surface area contributed by atoms with E-state index in [9.17, 15) is 13.2 Å². The maximum absolute atomic E-state index is 11.0. The summed E-state index contributed by atoms with van der Waals surface area (Å²) in [6.45, 7) is 5.27. The molecule has 14 heavy (non-hydrogen) atoms. The second-order valence-electron chi connectivity index (χ2n) is 2.95. The third-order valence-electron chi connectivity index (χ3n) is 1.55. The molecule has 5 nitrogen and oxygen atoms in total. The largest absolute Gasteiger partial charge is 0.352 e. The predicted octanol–water partition coefficient (Wildman–Crippen LogP) is -0.0991. The highest BCUT2D eigenvalue weighted by Crippen LogP contribution is 2.00. The molecular weight excluding hydrogens is 206 g/mol. The average molecular weight is 221 g/mol. The Hall–Kier alpha value is -0.880. The molecule has 6 heteroatoms. The molecule has 0 aliphatic heterocycles. The standard InChI is InChI=1S/C8H15NO4S/c1-4-8(10)9-5-7(2)6-14(11,12)13-3/h4,7H,1,5-6H2,2-3H3,(H,9,10). The van der Waals surface area contributed by atoms with E-state index in [0.29, 0.717) is 0 Å². The van der Waals surface area contributed by atoms with E-state index in [1.54, 1.807) is 6.92 Å². The molecule has 0 bridgehead atoms. The van der Waals surface area contributed by atoms with E-state index >= 15 is 0 Å². The van der Waals surface area contributed by atoms with Crippen LogP contribution < -0.4 is 5.32 Å². The third-order valence-corrected chi connectivity index (χ3v) is 3.04. The van der Waals surface area contributed by atoms with Crippen molar-refractivity contribution in [2.45, 2.75) is 6.92 Å². The lowest BCUT2D eigenvalue weighted by Gasteiger charge is -2.10. The Morgan fingerprint density at radius 3 is 2.64 bits per heavy atom. The van der Waals surface area contributed by atoms with E-state index in [-0.39, 0.29) is 24.1 Å². The smallest absolute Gasteiger partial charge is 0.267 e. The van der Waals surface area contributed by atoms with E-state index in [4.69, 9.17) is 0 Å². The molecule has 0 saturated carbocycles. The van der Waals surface area contributed by atoms with E-state index in [1.165, 1.54) is 0 Å². The van der Waals surface area contributed by atoms with Crippen LogP contribution in [0.15, 0.2) is 12.7 Å². The Balaban J connectivity index is 3.93. The van der Waals surface area contributed by atoms with Crippen LogP contribution in [0.1, 0.15) is 6.92 Å². The zero-order valence-electron chi connectivity index (χ0n) is 8.32. The van der Waals surface area contributed by atoms with Crippen molar-refractivity contribution in [3.05, 3.63) is 12.7 Å². The highest BCUT2D eigenvalue weighted by molar-refractivity contribution is 7.86. The second-order valence-corrected chi connectivity index (χ2v) is 4.73. The van der Waals surface area contributed by atoms with Gasteiger partial charge in [-0.1, -0.05) is 13.5 Å². The number of hydrogen-bond donors (Lipinski definition) is 1. The zero-order valence-corrected chi connectivity index (χ0v) is 9.13. The molecule has 82 valence electrons. The number of carbonyl (C=O) groups excluding carboxylic acids is 1. The van der Waals surface area contributed by atoms with Crippen LogP contribution >= 0.6 is 0 Å². The van der Waals surface area contributed by atoms with Crippen molar-refractivity contribution in [2.24, 2.45) is 5.92 Å². The number of nitrogens with one attached hydrogen (secondary N) is 1. The van der Waals surface area contributed by atoms with Crippen LogP contribution in [0.4, 0.5) is 0 Å². The molecule has 0 aromatic rings. The van der Waals surface area contributed by atoms with Gasteiger partial charge in [0.1, 0.15) is 0 Å². The molecule has 0 heterocycles. The maximum atomic E-state index is 11.0. The molecule has 0 radical (unpaired) electrons. The summed E-state index contributed by atoms with van der Waals surface area (Å²) in [6.07, 6.45) is 1.14. The minimum Gasteiger partial charge on any atom is -0.352 e. The van der Waals surface area contributed by atoms with Gasteiger partial charge in [-0.05, 0) is 12.0 Å². The van der Waals surface area contributed by atoms with Crippen LogP contribution in [-0.4, -0.2) is 33.7 Å². The molecule has 0 aliphatic rings. The monoisotopic (exact) mass is 221 g/mol. The van der Waals surface area contributed by atoms with Gasteiger partial charge >= 0.3 is 0 Å². The molecule has 0 rings (SSSR count). The van der Waals surface area contributed by atoms with Gasteiger partial charge in [-0.15, -0.1) is 0 Å². The third kappa shape index (κ3) is 5.71. The molecule has 1 N–H and O–H groups in total. The predicted molar refractivity (Wildman–Crippen MR) is 53.2 cm³/mol. The number of rotatable bonds is 6. The summed E-state index contributed by atoms with van der Waals surface area (Å²) >= 11 is 0. The quantitative estimate of drug-likeness (QED) is 0.502. The average Bonchev–Trinajstić information content (AvgIpc) is 2.13. The summed E-state index contributed by atoms with van der Waals surface area (Å²) in [6, 6.07) is 0. The summed E-state index contributed by atoms with van der Waals surface area (Å²) in [7, 11) is -2.34. The van der Waals surface area contributed by atoms with Gasteiger partial charge in [0.25, 0.3) is 10.1 Å². The van der Waals surface area contributed by atoms with Gasteiger partial charge in [0.15, 0.2) is 0 Å². The van der Waals surface area contributed by atoms with E-state index in [1.807, 2.05) is 0 Å². The summed E-state index contributed by atoms with van der Waals surface area (Å²) < 4.78 is 26.2. The fourth-order valence-electron chi connectivity index (χ4n) is 0.822. The number of carbonyl (C=O) groups is 1. The summed E-state index contributed by atoms with van der Waals surface area (Å²) in [5.41, 5.74) is 0. The zero-order chi connectivity index (χ0) is 11.2.